The van der Waals surface area contributed by atoms with Crippen LogP contribution in [-0.2, 0) is 0 Å². The number of nitrogens with one attached hydrogen (secondary N) is 1. The van der Waals surface area contributed by atoms with Gasteiger partial charge in [-0.15, -0.1) is 0 Å². The summed E-state index contributed by atoms with van der Waals surface area (Å²) in [4.78, 5) is 12.1. The smallest absolute Gasteiger partial charge is 0.258 e. The van der Waals surface area contributed by atoms with Gasteiger partial charge in [-0.25, -0.2) is 0 Å². The van der Waals surface area contributed by atoms with Gasteiger partial charge in [0.1, 0.15) is 0 Å². The Morgan fingerprint density at radius 3 is 2.17 bits per heavy atom. The topological polar surface area (TPSA) is 29.1 Å². The molecule has 0 atom stereocenters. The van der Waals surface area contributed by atoms with Crippen molar-refractivity contribution in [1.82, 2.24) is 0 Å². The Morgan fingerprint density at radius 2 is 1.61 bits per heavy atom. The summed E-state index contributed by atoms with van der Waals surface area (Å²) >= 11 is 12.1. The minimum atomic E-state index is -0.309. The van der Waals surface area contributed by atoms with E-state index < -0.39 is 0 Å². The third-order valence-electron chi connectivity index (χ3n) is 2.45. The van der Waals surface area contributed by atoms with Gasteiger partial charge in [-0.1, -0.05) is 41.4 Å². The van der Waals surface area contributed by atoms with Crippen LogP contribution in [0.15, 0.2) is 42.5 Å². The number of benzene rings is 2. The number of anilines is 1. The fraction of sp³-hybridized carbons (Fsp3) is 0.0714. The van der Waals surface area contributed by atoms with Gasteiger partial charge in [0, 0.05) is 5.69 Å². The quantitative estimate of drug-likeness (QED) is 0.858. The van der Waals surface area contributed by atoms with E-state index in [0.29, 0.717) is 21.3 Å². The summed E-state index contributed by atoms with van der Waals surface area (Å²) in [5, 5.41) is 3.46. The largest absolute Gasteiger partial charge is 0.322 e. The van der Waals surface area contributed by atoms with Crippen molar-refractivity contribution < 1.29 is 4.79 Å². The van der Waals surface area contributed by atoms with Crippen LogP contribution >= 0.6 is 23.2 Å². The fourth-order valence-electron chi connectivity index (χ4n) is 1.63. The summed E-state index contributed by atoms with van der Waals surface area (Å²) < 4.78 is 0. The second-order valence-corrected chi connectivity index (χ2v) is 4.74. The van der Waals surface area contributed by atoms with Gasteiger partial charge in [-0.2, -0.15) is 0 Å². The van der Waals surface area contributed by atoms with Crippen molar-refractivity contribution in [1.29, 1.82) is 0 Å². The average Bonchev–Trinajstić information content (AvgIpc) is 2.28. The highest BCUT2D eigenvalue weighted by atomic mass is 35.5. The monoisotopic (exact) mass is 279 g/mol. The first kappa shape index (κ1) is 12.9. The van der Waals surface area contributed by atoms with E-state index in [1.807, 2.05) is 25.1 Å². The Bertz CT molecular complexity index is 559. The van der Waals surface area contributed by atoms with Crippen molar-refractivity contribution in [3.63, 3.8) is 0 Å². The SMILES string of the molecule is Cc1cc(Cl)c(C(=O)Nc2ccccc2)c(Cl)c1. The van der Waals surface area contributed by atoms with Crippen molar-refractivity contribution in [2.75, 3.05) is 5.32 Å². The lowest BCUT2D eigenvalue weighted by Gasteiger charge is -2.09. The van der Waals surface area contributed by atoms with E-state index in [-0.39, 0.29) is 5.91 Å². The van der Waals surface area contributed by atoms with Crippen molar-refractivity contribution in [3.05, 3.63) is 63.6 Å². The normalized spacial score (nSPS) is 10.2. The van der Waals surface area contributed by atoms with E-state index in [1.165, 1.54) is 0 Å². The van der Waals surface area contributed by atoms with Crippen molar-refractivity contribution in [3.8, 4) is 0 Å². The first-order valence-corrected chi connectivity index (χ1v) is 6.15. The molecule has 0 spiro atoms. The lowest BCUT2D eigenvalue weighted by Crippen LogP contribution is -2.13. The molecule has 2 aromatic rings. The van der Waals surface area contributed by atoms with Crippen molar-refractivity contribution in [2.24, 2.45) is 0 Å². The average molecular weight is 280 g/mol. The standard InChI is InChI=1S/C14H11Cl2NO/c1-9-7-11(15)13(12(16)8-9)14(18)17-10-5-3-2-4-6-10/h2-8H,1H3,(H,17,18). The van der Waals surface area contributed by atoms with Gasteiger partial charge >= 0.3 is 0 Å². The molecule has 2 aromatic carbocycles. The van der Waals surface area contributed by atoms with Crippen LogP contribution in [0.4, 0.5) is 5.69 Å². The van der Waals surface area contributed by atoms with Gasteiger partial charge in [-0.05, 0) is 36.8 Å². The van der Waals surface area contributed by atoms with E-state index in [0.717, 1.165) is 5.56 Å². The number of carbonyl (C=O) groups is 1. The molecule has 92 valence electrons. The van der Waals surface area contributed by atoms with E-state index >= 15 is 0 Å². The second-order valence-electron chi connectivity index (χ2n) is 3.92. The summed E-state index contributed by atoms with van der Waals surface area (Å²) in [7, 11) is 0. The van der Waals surface area contributed by atoms with Gasteiger partial charge in [0.05, 0.1) is 15.6 Å². The predicted molar refractivity (Wildman–Crippen MR) is 75.6 cm³/mol. The number of rotatable bonds is 2. The molecule has 0 aliphatic rings. The van der Waals surface area contributed by atoms with E-state index in [1.54, 1.807) is 24.3 Å². The van der Waals surface area contributed by atoms with E-state index in [4.69, 9.17) is 23.2 Å². The molecule has 0 saturated carbocycles. The molecule has 0 unspecified atom stereocenters. The molecule has 0 heterocycles. The molecule has 0 saturated heterocycles. The molecule has 0 aromatic heterocycles. The lowest BCUT2D eigenvalue weighted by molar-refractivity contribution is 0.102. The number of halogens is 2. The summed E-state index contributed by atoms with van der Waals surface area (Å²) in [5.74, 6) is -0.309. The molecule has 1 amide bonds. The highest BCUT2D eigenvalue weighted by Gasteiger charge is 2.15. The molecule has 18 heavy (non-hydrogen) atoms. The zero-order chi connectivity index (χ0) is 13.1. The third-order valence-corrected chi connectivity index (χ3v) is 3.04. The summed E-state index contributed by atoms with van der Waals surface area (Å²) in [6, 6.07) is 12.6. The Hall–Kier alpha value is -1.51. The molecular weight excluding hydrogens is 269 g/mol. The van der Waals surface area contributed by atoms with Gasteiger partial charge in [-0.3, -0.25) is 4.79 Å². The van der Waals surface area contributed by atoms with Gasteiger partial charge < -0.3 is 5.32 Å². The molecule has 0 bridgehead atoms. The van der Waals surface area contributed by atoms with Crippen LogP contribution in [-0.4, -0.2) is 5.91 Å². The number of aryl methyl sites for hydroxylation is 1. The Morgan fingerprint density at radius 1 is 1.06 bits per heavy atom. The number of hydrogen-bond acceptors (Lipinski definition) is 1. The number of para-hydroxylation sites is 1. The molecule has 2 rings (SSSR count). The highest BCUT2D eigenvalue weighted by molar-refractivity contribution is 6.40. The van der Waals surface area contributed by atoms with Crippen LogP contribution in [0.1, 0.15) is 15.9 Å². The number of amides is 1. The van der Waals surface area contributed by atoms with Gasteiger partial charge in [0.15, 0.2) is 0 Å². The van der Waals surface area contributed by atoms with Gasteiger partial charge in [0.2, 0.25) is 0 Å². The first-order chi connectivity index (χ1) is 8.58. The van der Waals surface area contributed by atoms with Crippen molar-refractivity contribution in [2.45, 2.75) is 6.92 Å². The molecule has 0 aliphatic heterocycles. The minimum absolute atomic E-state index is 0.299. The Labute approximate surface area is 116 Å². The second kappa shape index (κ2) is 5.42. The molecular formula is C14H11Cl2NO. The van der Waals surface area contributed by atoms with Crippen LogP contribution in [0.25, 0.3) is 0 Å². The zero-order valence-electron chi connectivity index (χ0n) is 9.71. The van der Waals surface area contributed by atoms with Crippen LogP contribution in [0.2, 0.25) is 10.0 Å². The highest BCUT2D eigenvalue weighted by Crippen LogP contribution is 2.27. The minimum Gasteiger partial charge on any atom is -0.322 e. The Balaban J connectivity index is 2.30. The summed E-state index contributed by atoms with van der Waals surface area (Å²) in [6.07, 6.45) is 0. The van der Waals surface area contributed by atoms with E-state index in [9.17, 15) is 4.79 Å². The Kier molecular flexibility index (Phi) is 3.90. The first-order valence-electron chi connectivity index (χ1n) is 5.40. The van der Waals surface area contributed by atoms with Crippen LogP contribution in [0, 0.1) is 6.92 Å². The lowest BCUT2D eigenvalue weighted by atomic mass is 10.1. The summed E-state index contributed by atoms with van der Waals surface area (Å²) in [6.45, 7) is 1.87. The zero-order valence-corrected chi connectivity index (χ0v) is 11.2. The molecule has 4 heteroatoms. The number of carbonyl (C=O) groups excluding carboxylic acids is 1. The number of hydrogen-bond donors (Lipinski definition) is 1. The molecule has 0 fully saturated rings. The van der Waals surface area contributed by atoms with Crippen molar-refractivity contribution >= 4 is 34.8 Å². The molecule has 2 nitrogen and oxygen atoms in total. The fourth-order valence-corrected chi connectivity index (χ4v) is 2.40. The van der Waals surface area contributed by atoms with Crippen LogP contribution in [0.3, 0.4) is 0 Å². The van der Waals surface area contributed by atoms with Crippen LogP contribution in [0.5, 0.6) is 0 Å². The molecule has 0 aliphatic carbocycles. The third kappa shape index (κ3) is 2.84. The maximum absolute atomic E-state index is 12.1. The maximum Gasteiger partial charge on any atom is 0.258 e. The maximum atomic E-state index is 12.1. The molecule has 0 radical (unpaired) electrons. The summed E-state index contributed by atoms with van der Waals surface area (Å²) in [5.41, 5.74) is 1.92. The predicted octanol–water partition coefficient (Wildman–Crippen LogP) is 4.55. The van der Waals surface area contributed by atoms with E-state index in [2.05, 4.69) is 5.32 Å². The van der Waals surface area contributed by atoms with Crippen LogP contribution < -0.4 is 5.32 Å². The molecule has 1 N–H and O–H groups in total. The van der Waals surface area contributed by atoms with Gasteiger partial charge in [0.25, 0.3) is 5.91 Å².